The van der Waals surface area contributed by atoms with Crippen LogP contribution in [-0.4, -0.2) is 36.9 Å². The van der Waals surface area contributed by atoms with Crippen LogP contribution in [0.15, 0.2) is 36.8 Å². The van der Waals surface area contributed by atoms with Gasteiger partial charge in [0.05, 0.1) is 5.02 Å². The third-order valence-electron chi connectivity index (χ3n) is 3.75. The summed E-state index contributed by atoms with van der Waals surface area (Å²) in [6.45, 7) is 1.13. The molecule has 0 aromatic carbocycles. The predicted octanol–water partition coefficient (Wildman–Crippen LogP) is 1.98. The highest BCUT2D eigenvalue weighted by Crippen LogP contribution is 2.21. The van der Waals surface area contributed by atoms with Crippen molar-refractivity contribution in [1.82, 2.24) is 24.5 Å². The Labute approximate surface area is 131 Å². The summed E-state index contributed by atoms with van der Waals surface area (Å²) in [5.41, 5.74) is 3.06. The average molecular weight is 314 g/mol. The van der Waals surface area contributed by atoms with Gasteiger partial charge in [0.15, 0.2) is 11.3 Å². The van der Waals surface area contributed by atoms with E-state index in [1.165, 1.54) is 0 Å². The number of hydrogen-bond acceptors (Lipinski definition) is 4. The standard InChI is InChI=1S/C15H12ClN5O/c16-11-6-10-9-20(5-2-12(10)18-8-11)15(22)13-7-14-17-3-1-4-21(14)19-13/h1,3-4,6-8H,2,5,9H2. The minimum atomic E-state index is -0.101. The SMILES string of the molecule is O=C(c1cc2ncccn2n1)N1CCc2ncc(Cl)cc2C1. The lowest BCUT2D eigenvalue weighted by molar-refractivity contribution is 0.0727. The van der Waals surface area contributed by atoms with Crippen LogP contribution in [0.25, 0.3) is 5.65 Å². The summed E-state index contributed by atoms with van der Waals surface area (Å²) in [6, 6.07) is 5.35. The Hall–Kier alpha value is -2.47. The van der Waals surface area contributed by atoms with E-state index in [9.17, 15) is 4.79 Å². The minimum Gasteiger partial charge on any atom is -0.332 e. The monoisotopic (exact) mass is 313 g/mol. The summed E-state index contributed by atoms with van der Waals surface area (Å²) >= 11 is 5.98. The molecule has 0 spiro atoms. The lowest BCUT2D eigenvalue weighted by Gasteiger charge is -2.27. The van der Waals surface area contributed by atoms with Crippen LogP contribution >= 0.6 is 11.6 Å². The van der Waals surface area contributed by atoms with Gasteiger partial charge in [-0.25, -0.2) is 9.50 Å². The van der Waals surface area contributed by atoms with Gasteiger partial charge in [0.2, 0.25) is 0 Å². The largest absolute Gasteiger partial charge is 0.332 e. The van der Waals surface area contributed by atoms with Crippen LogP contribution in [0.5, 0.6) is 0 Å². The van der Waals surface area contributed by atoms with E-state index in [4.69, 9.17) is 11.6 Å². The van der Waals surface area contributed by atoms with Gasteiger partial charge in [-0.3, -0.25) is 9.78 Å². The van der Waals surface area contributed by atoms with Crippen LogP contribution in [0.4, 0.5) is 0 Å². The zero-order chi connectivity index (χ0) is 15.1. The van der Waals surface area contributed by atoms with Gasteiger partial charge in [-0.05, 0) is 17.7 Å². The van der Waals surface area contributed by atoms with Crippen LogP contribution in [0.2, 0.25) is 5.02 Å². The highest BCUT2D eigenvalue weighted by atomic mass is 35.5. The third kappa shape index (κ3) is 2.21. The maximum Gasteiger partial charge on any atom is 0.274 e. The maximum absolute atomic E-state index is 12.6. The second-order valence-electron chi connectivity index (χ2n) is 5.19. The number of aromatic nitrogens is 4. The second kappa shape index (κ2) is 5.06. The van der Waals surface area contributed by atoms with E-state index in [0.29, 0.717) is 29.5 Å². The molecule has 4 heterocycles. The van der Waals surface area contributed by atoms with Crippen molar-refractivity contribution in [1.29, 1.82) is 0 Å². The Morgan fingerprint density at radius 1 is 1.27 bits per heavy atom. The third-order valence-corrected chi connectivity index (χ3v) is 3.96. The summed E-state index contributed by atoms with van der Waals surface area (Å²) in [7, 11) is 0. The topological polar surface area (TPSA) is 63.4 Å². The zero-order valence-electron chi connectivity index (χ0n) is 11.6. The lowest BCUT2D eigenvalue weighted by atomic mass is 10.1. The van der Waals surface area contributed by atoms with Crippen LogP contribution in [0.3, 0.4) is 0 Å². The molecule has 3 aromatic heterocycles. The molecule has 7 heteroatoms. The smallest absolute Gasteiger partial charge is 0.274 e. The van der Waals surface area contributed by atoms with Gasteiger partial charge in [0.1, 0.15) is 0 Å². The molecule has 6 nitrogen and oxygen atoms in total. The Bertz CT molecular complexity index is 842. The second-order valence-corrected chi connectivity index (χ2v) is 5.62. The van der Waals surface area contributed by atoms with Crippen molar-refractivity contribution in [3.05, 3.63) is 58.8 Å². The number of fused-ring (bicyclic) bond motifs is 2. The summed E-state index contributed by atoms with van der Waals surface area (Å²) in [5, 5.41) is 4.87. The number of amides is 1. The normalized spacial score (nSPS) is 14.1. The van der Waals surface area contributed by atoms with E-state index in [2.05, 4.69) is 15.1 Å². The molecular formula is C15H12ClN5O. The van der Waals surface area contributed by atoms with E-state index in [0.717, 1.165) is 17.7 Å². The van der Waals surface area contributed by atoms with Gasteiger partial charge in [0, 0.05) is 49.9 Å². The van der Waals surface area contributed by atoms with E-state index in [1.807, 2.05) is 6.07 Å². The molecule has 1 aliphatic rings. The van der Waals surface area contributed by atoms with Gasteiger partial charge in [-0.2, -0.15) is 5.10 Å². The molecular weight excluding hydrogens is 302 g/mol. The fraction of sp³-hybridized carbons (Fsp3) is 0.200. The molecule has 0 saturated carbocycles. The molecule has 0 unspecified atom stereocenters. The first-order valence-electron chi connectivity index (χ1n) is 6.94. The van der Waals surface area contributed by atoms with Gasteiger partial charge in [0.25, 0.3) is 5.91 Å². The molecule has 0 saturated heterocycles. The highest BCUT2D eigenvalue weighted by molar-refractivity contribution is 6.30. The van der Waals surface area contributed by atoms with Crippen molar-refractivity contribution < 1.29 is 4.79 Å². The number of halogens is 1. The quantitative estimate of drug-likeness (QED) is 0.689. The van der Waals surface area contributed by atoms with Crippen LogP contribution < -0.4 is 0 Å². The van der Waals surface area contributed by atoms with Gasteiger partial charge in [-0.15, -0.1) is 0 Å². The van der Waals surface area contributed by atoms with Crippen molar-refractivity contribution >= 4 is 23.2 Å². The Kier molecular flexibility index (Phi) is 3.04. The average Bonchev–Trinajstić information content (AvgIpc) is 2.97. The van der Waals surface area contributed by atoms with Crippen molar-refractivity contribution in [2.75, 3.05) is 6.54 Å². The summed E-state index contributed by atoms with van der Waals surface area (Å²) < 4.78 is 1.60. The molecule has 1 aliphatic heterocycles. The Morgan fingerprint density at radius 3 is 3.05 bits per heavy atom. The van der Waals surface area contributed by atoms with E-state index < -0.39 is 0 Å². The van der Waals surface area contributed by atoms with Gasteiger partial charge >= 0.3 is 0 Å². The van der Waals surface area contributed by atoms with Crippen LogP contribution in [0, 0.1) is 0 Å². The van der Waals surface area contributed by atoms with Crippen molar-refractivity contribution in [2.45, 2.75) is 13.0 Å². The van der Waals surface area contributed by atoms with Gasteiger partial charge < -0.3 is 4.90 Å². The molecule has 0 fully saturated rings. The van der Waals surface area contributed by atoms with Crippen LogP contribution in [0.1, 0.15) is 21.7 Å². The fourth-order valence-corrected chi connectivity index (χ4v) is 2.85. The highest BCUT2D eigenvalue weighted by Gasteiger charge is 2.24. The Morgan fingerprint density at radius 2 is 2.18 bits per heavy atom. The fourth-order valence-electron chi connectivity index (χ4n) is 2.67. The molecule has 22 heavy (non-hydrogen) atoms. The number of pyridine rings is 1. The summed E-state index contributed by atoms with van der Waals surface area (Å²) in [6.07, 6.45) is 5.82. The van der Waals surface area contributed by atoms with Crippen molar-refractivity contribution in [3.8, 4) is 0 Å². The molecule has 0 N–H and O–H groups in total. The molecule has 110 valence electrons. The van der Waals surface area contributed by atoms with E-state index in [-0.39, 0.29) is 5.91 Å². The predicted molar refractivity (Wildman–Crippen MR) is 80.7 cm³/mol. The molecule has 1 amide bonds. The first-order chi connectivity index (χ1) is 10.7. The first kappa shape index (κ1) is 13.2. The molecule has 4 rings (SSSR count). The van der Waals surface area contributed by atoms with Crippen molar-refractivity contribution in [2.24, 2.45) is 0 Å². The summed E-state index contributed by atoms with van der Waals surface area (Å²) in [4.78, 5) is 22.9. The molecule has 0 atom stereocenters. The number of nitrogens with zero attached hydrogens (tertiary/aromatic N) is 5. The van der Waals surface area contributed by atoms with Crippen LogP contribution in [-0.2, 0) is 13.0 Å². The zero-order valence-corrected chi connectivity index (χ0v) is 12.4. The minimum absolute atomic E-state index is 0.101. The number of carbonyl (C=O) groups excluding carboxylic acids is 1. The number of carbonyl (C=O) groups is 1. The summed E-state index contributed by atoms with van der Waals surface area (Å²) in [5.74, 6) is -0.101. The molecule has 0 bridgehead atoms. The molecule has 3 aromatic rings. The number of rotatable bonds is 1. The maximum atomic E-state index is 12.6. The number of hydrogen-bond donors (Lipinski definition) is 0. The Balaban J connectivity index is 1.63. The lowest BCUT2D eigenvalue weighted by Crippen LogP contribution is -2.36. The van der Waals surface area contributed by atoms with E-state index >= 15 is 0 Å². The first-order valence-corrected chi connectivity index (χ1v) is 7.31. The van der Waals surface area contributed by atoms with Gasteiger partial charge in [-0.1, -0.05) is 11.6 Å². The van der Waals surface area contributed by atoms with E-state index in [1.54, 1.807) is 40.1 Å². The molecule has 0 radical (unpaired) electrons. The van der Waals surface area contributed by atoms with Crippen molar-refractivity contribution in [3.63, 3.8) is 0 Å². The molecule has 0 aliphatic carbocycles.